The van der Waals surface area contributed by atoms with Crippen molar-refractivity contribution >= 4 is 11.7 Å². The fourth-order valence-corrected chi connectivity index (χ4v) is 3.57. The van der Waals surface area contributed by atoms with Crippen LogP contribution in [0.5, 0.6) is 0 Å². The minimum atomic E-state index is -0.226. The van der Waals surface area contributed by atoms with E-state index in [0.29, 0.717) is 13.1 Å². The summed E-state index contributed by atoms with van der Waals surface area (Å²) >= 11 is 0. The number of para-hydroxylation sites is 1. The number of hydrogen-bond acceptors (Lipinski definition) is 2. The number of aryl methyl sites for hydroxylation is 1. The van der Waals surface area contributed by atoms with E-state index in [1.54, 1.807) is 0 Å². The topological polar surface area (TPSA) is 47.3 Å². The standard InChI is InChI=1S/C18H23N3O/c1-2-18(14-19)9-12-20(13-10-18)17(22)21-11-5-7-15-6-3-4-8-16(15)21/h3-4,6,8H,2,5,7,9-13H2,1H3. The van der Waals surface area contributed by atoms with Crippen LogP contribution in [0.1, 0.15) is 38.2 Å². The lowest BCUT2D eigenvalue weighted by molar-refractivity contribution is 0.150. The van der Waals surface area contributed by atoms with Crippen LogP contribution in [0.3, 0.4) is 0 Å². The van der Waals surface area contributed by atoms with Gasteiger partial charge in [0, 0.05) is 25.3 Å². The molecule has 3 rings (SSSR count). The molecule has 0 spiro atoms. The van der Waals surface area contributed by atoms with Gasteiger partial charge in [-0.05, 0) is 43.7 Å². The lowest BCUT2D eigenvalue weighted by atomic mass is 9.78. The molecule has 0 aromatic heterocycles. The summed E-state index contributed by atoms with van der Waals surface area (Å²) in [4.78, 5) is 16.7. The van der Waals surface area contributed by atoms with Gasteiger partial charge in [-0.3, -0.25) is 4.90 Å². The van der Waals surface area contributed by atoms with E-state index < -0.39 is 0 Å². The molecular weight excluding hydrogens is 274 g/mol. The maximum atomic E-state index is 12.9. The summed E-state index contributed by atoms with van der Waals surface area (Å²) in [6.07, 6.45) is 4.53. The summed E-state index contributed by atoms with van der Waals surface area (Å²) in [5.74, 6) is 0. The predicted octanol–water partition coefficient (Wildman–Crippen LogP) is 3.57. The molecule has 1 aromatic carbocycles. The zero-order valence-electron chi connectivity index (χ0n) is 13.2. The molecule has 116 valence electrons. The molecule has 0 bridgehead atoms. The van der Waals surface area contributed by atoms with Gasteiger partial charge in [0.05, 0.1) is 11.5 Å². The first kappa shape index (κ1) is 14.9. The molecule has 0 unspecified atom stereocenters. The fraction of sp³-hybridized carbons (Fsp3) is 0.556. The predicted molar refractivity (Wildman–Crippen MR) is 86.6 cm³/mol. The second-order valence-electron chi connectivity index (χ2n) is 6.40. The monoisotopic (exact) mass is 297 g/mol. The van der Waals surface area contributed by atoms with Gasteiger partial charge in [0.1, 0.15) is 0 Å². The highest BCUT2D eigenvalue weighted by atomic mass is 16.2. The van der Waals surface area contributed by atoms with Crippen molar-refractivity contribution in [1.82, 2.24) is 4.90 Å². The van der Waals surface area contributed by atoms with Crippen LogP contribution in [0, 0.1) is 16.7 Å². The summed E-state index contributed by atoms with van der Waals surface area (Å²) in [5.41, 5.74) is 2.10. The highest BCUT2D eigenvalue weighted by Crippen LogP contribution is 2.35. The normalized spacial score (nSPS) is 20.2. The maximum absolute atomic E-state index is 12.9. The maximum Gasteiger partial charge on any atom is 0.324 e. The van der Waals surface area contributed by atoms with E-state index in [1.165, 1.54) is 5.56 Å². The number of urea groups is 1. The first-order valence-corrected chi connectivity index (χ1v) is 8.25. The molecule has 2 amide bonds. The third-order valence-corrected chi connectivity index (χ3v) is 5.25. The molecule has 1 fully saturated rings. The van der Waals surface area contributed by atoms with Crippen molar-refractivity contribution in [3.8, 4) is 6.07 Å². The number of likely N-dealkylation sites (tertiary alicyclic amines) is 1. The van der Waals surface area contributed by atoms with Crippen molar-refractivity contribution in [3.63, 3.8) is 0 Å². The Morgan fingerprint density at radius 2 is 2.00 bits per heavy atom. The lowest BCUT2D eigenvalue weighted by Crippen LogP contribution is -2.50. The number of rotatable bonds is 1. The van der Waals surface area contributed by atoms with Gasteiger partial charge >= 0.3 is 6.03 Å². The Labute approximate surface area is 132 Å². The van der Waals surface area contributed by atoms with Crippen LogP contribution >= 0.6 is 0 Å². The third kappa shape index (κ3) is 2.56. The molecule has 4 heteroatoms. The van der Waals surface area contributed by atoms with Gasteiger partial charge in [0.25, 0.3) is 0 Å². The van der Waals surface area contributed by atoms with Gasteiger partial charge in [-0.25, -0.2) is 4.79 Å². The number of nitrogens with zero attached hydrogens (tertiary/aromatic N) is 3. The van der Waals surface area contributed by atoms with Crippen molar-refractivity contribution in [3.05, 3.63) is 29.8 Å². The second-order valence-corrected chi connectivity index (χ2v) is 6.40. The third-order valence-electron chi connectivity index (χ3n) is 5.25. The molecule has 1 saturated heterocycles. The molecule has 0 atom stereocenters. The van der Waals surface area contributed by atoms with Crippen molar-refractivity contribution in [2.75, 3.05) is 24.5 Å². The van der Waals surface area contributed by atoms with Gasteiger partial charge < -0.3 is 4.90 Å². The smallest absolute Gasteiger partial charge is 0.324 e. The minimum absolute atomic E-state index is 0.106. The molecule has 0 aliphatic carbocycles. The Hall–Kier alpha value is -2.02. The molecule has 2 aliphatic rings. The Morgan fingerprint density at radius 1 is 1.27 bits per heavy atom. The molecule has 0 N–H and O–H groups in total. The largest absolute Gasteiger partial charge is 0.324 e. The zero-order chi connectivity index (χ0) is 15.6. The zero-order valence-corrected chi connectivity index (χ0v) is 13.2. The first-order chi connectivity index (χ1) is 10.7. The molecule has 4 nitrogen and oxygen atoms in total. The van der Waals surface area contributed by atoms with E-state index in [2.05, 4.69) is 19.1 Å². The molecule has 0 saturated carbocycles. The number of benzene rings is 1. The van der Waals surface area contributed by atoms with Crippen molar-refractivity contribution < 1.29 is 4.79 Å². The van der Waals surface area contributed by atoms with Crippen LogP contribution in [0.25, 0.3) is 0 Å². The number of anilines is 1. The molecular formula is C18H23N3O. The SMILES string of the molecule is CCC1(C#N)CCN(C(=O)N2CCCc3ccccc32)CC1. The van der Waals surface area contributed by atoms with E-state index in [-0.39, 0.29) is 11.4 Å². The lowest BCUT2D eigenvalue weighted by Gasteiger charge is -2.40. The van der Waals surface area contributed by atoms with E-state index in [1.807, 2.05) is 28.0 Å². The molecule has 2 aliphatic heterocycles. The van der Waals surface area contributed by atoms with Crippen LogP contribution in [-0.2, 0) is 6.42 Å². The number of fused-ring (bicyclic) bond motifs is 1. The number of carbonyl (C=O) groups is 1. The average Bonchev–Trinajstić information content (AvgIpc) is 2.60. The van der Waals surface area contributed by atoms with Crippen LogP contribution in [-0.4, -0.2) is 30.6 Å². The van der Waals surface area contributed by atoms with Gasteiger partial charge in [0.2, 0.25) is 0 Å². The van der Waals surface area contributed by atoms with Crippen molar-refractivity contribution in [2.24, 2.45) is 5.41 Å². The van der Waals surface area contributed by atoms with Gasteiger partial charge in [-0.15, -0.1) is 0 Å². The summed E-state index contributed by atoms with van der Waals surface area (Å²) < 4.78 is 0. The molecule has 1 aromatic rings. The number of amides is 2. The van der Waals surface area contributed by atoms with Crippen LogP contribution in [0.15, 0.2) is 24.3 Å². The highest BCUT2D eigenvalue weighted by molar-refractivity contribution is 5.93. The van der Waals surface area contributed by atoms with Gasteiger partial charge in [-0.2, -0.15) is 5.26 Å². The van der Waals surface area contributed by atoms with Crippen LogP contribution in [0.2, 0.25) is 0 Å². The minimum Gasteiger partial charge on any atom is -0.324 e. The fourth-order valence-electron chi connectivity index (χ4n) is 3.57. The summed E-state index contributed by atoms with van der Waals surface area (Å²) in [6.45, 7) is 4.25. The Kier molecular flexibility index (Phi) is 4.06. The number of nitriles is 1. The van der Waals surface area contributed by atoms with Crippen molar-refractivity contribution in [1.29, 1.82) is 5.26 Å². The van der Waals surface area contributed by atoms with Crippen molar-refractivity contribution in [2.45, 2.75) is 39.0 Å². The van der Waals surface area contributed by atoms with Crippen LogP contribution in [0.4, 0.5) is 10.5 Å². The first-order valence-electron chi connectivity index (χ1n) is 8.25. The summed E-state index contributed by atoms with van der Waals surface area (Å²) in [7, 11) is 0. The van der Waals surface area contributed by atoms with Crippen LogP contribution < -0.4 is 4.90 Å². The quantitative estimate of drug-likeness (QED) is 0.795. The number of hydrogen-bond donors (Lipinski definition) is 0. The summed E-state index contributed by atoms with van der Waals surface area (Å²) in [6, 6.07) is 10.8. The molecule has 0 radical (unpaired) electrons. The Bertz CT molecular complexity index is 597. The van der Waals surface area contributed by atoms with Gasteiger partial charge in [-0.1, -0.05) is 25.1 Å². The van der Waals surface area contributed by atoms with E-state index in [9.17, 15) is 10.1 Å². The highest BCUT2D eigenvalue weighted by Gasteiger charge is 2.36. The Morgan fingerprint density at radius 3 is 2.68 bits per heavy atom. The number of piperidine rings is 1. The van der Waals surface area contributed by atoms with E-state index >= 15 is 0 Å². The average molecular weight is 297 g/mol. The molecule has 2 heterocycles. The Balaban J connectivity index is 1.73. The number of carbonyl (C=O) groups excluding carboxylic acids is 1. The second kappa shape index (κ2) is 6.00. The van der Waals surface area contributed by atoms with Gasteiger partial charge in [0.15, 0.2) is 0 Å². The van der Waals surface area contributed by atoms with E-state index in [4.69, 9.17) is 0 Å². The summed E-state index contributed by atoms with van der Waals surface area (Å²) in [5, 5.41) is 9.38. The molecule has 22 heavy (non-hydrogen) atoms. The van der Waals surface area contributed by atoms with E-state index in [0.717, 1.165) is 44.3 Å².